The minimum atomic E-state index is -0.676. The SMILES string of the molecule is COC(=O)c1cc(NC(=O)CN2C(=O)S/C(=C/c3ccc(F)c(Br)c3)C2=O)ccc1Cl. The quantitative estimate of drug-likeness (QED) is 0.447. The summed E-state index contributed by atoms with van der Waals surface area (Å²) in [5.74, 6) is -2.42. The van der Waals surface area contributed by atoms with Crippen molar-refractivity contribution in [3.63, 3.8) is 0 Å². The fourth-order valence-corrected chi connectivity index (χ4v) is 4.03. The van der Waals surface area contributed by atoms with Gasteiger partial charge in [-0.15, -0.1) is 0 Å². The van der Waals surface area contributed by atoms with Gasteiger partial charge < -0.3 is 10.1 Å². The molecule has 1 N–H and O–H groups in total. The first-order valence-electron chi connectivity index (χ1n) is 8.57. The van der Waals surface area contributed by atoms with Crippen molar-refractivity contribution < 1.29 is 28.3 Å². The van der Waals surface area contributed by atoms with Crippen LogP contribution in [0.4, 0.5) is 14.9 Å². The summed E-state index contributed by atoms with van der Waals surface area (Å²) in [6.45, 7) is -0.523. The predicted molar refractivity (Wildman–Crippen MR) is 118 cm³/mol. The molecule has 2 aromatic rings. The van der Waals surface area contributed by atoms with Crippen LogP contribution in [0.1, 0.15) is 15.9 Å². The lowest BCUT2D eigenvalue weighted by Crippen LogP contribution is -2.36. The van der Waals surface area contributed by atoms with Crippen molar-refractivity contribution in [1.29, 1.82) is 0 Å². The maximum Gasteiger partial charge on any atom is 0.339 e. The Morgan fingerprint density at radius 3 is 2.68 bits per heavy atom. The zero-order valence-corrected chi connectivity index (χ0v) is 18.9. The Kier molecular flexibility index (Phi) is 7.14. The van der Waals surface area contributed by atoms with Gasteiger partial charge in [0.25, 0.3) is 11.1 Å². The smallest absolute Gasteiger partial charge is 0.339 e. The number of carbonyl (C=O) groups is 4. The number of carbonyl (C=O) groups excluding carboxylic acids is 4. The molecule has 0 bridgehead atoms. The standard InChI is InChI=1S/C20H13BrClFN2O5S/c1-30-19(28)12-8-11(3-4-14(12)22)24-17(26)9-25-18(27)16(31-20(25)29)7-10-2-5-15(23)13(21)6-10/h2-8H,9H2,1H3,(H,24,26)/b16-7+. The van der Waals surface area contributed by atoms with Crippen LogP contribution in [0.3, 0.4) is 0 Å². The molecule has 7 nitrogen and oxygen atoms in total. The molecule has 0 aromatic heterocycles. The molecule has 1 fully saturated rings. The highest BCUT2D eigenvalue weighted by Gasteiger charge is 2.36. The maximum atomic E-state index is 13.4. The van der Waals surface area contributed by atoms with Crippen molar-refractivity contribution in [2.75, 3.05) is 19.0 Å². The van der Waals surface area contributed by atoms with E-state index in [9.17, 15) is 23.6 Å². The zero-order chi connectivity index (χ0) is 22.7. The first kappa shape index (κ1) is 23.0. The van der Waals surface area contributed by atoms with Crippen LogP contribution < -0.4 is 5.32 Å². The van der Waals surface area contributed by atoms with E-state index in [1.54, 1.807) is 0 Å². The first-order valence-corrected chi connectivity index (χ1v) is 10.6. The summed E-state index contributed by atoms with van der Waals surface area (Å²) < 4.78 is 18.2. The summed E-state index contributed by atoms with van der Waals surface area (Å²) in [4.78, 5) is 49.8. The predicted octanol–water partition coefficient (Wildman–Crippen LogP) is 4.70. The van der Waals surface area contributed by atoms with E-state index < -0.39 is 35.4 Å². The highest BCUT2D eigenvalue weighted by atomic mass is 79.9. The van der Waals surface area contributed by atoms with Crippen LogP contribution in [0.15, 0.2) is 45.8 Å². The molecule has 1 aliphatic heterocycles. The van der Waals surface area contributed by atoms with Gasteiger partial charge in [-0.1, -0.05) is 17.7 Å². The van der Waals surface area contributed by atoms with Crippen molar-refractivity contribution in [3.05, 3.63) is 67.7 Å². The van der Waals surface area contributed by atoms with E-state index in [-0.39, 0.29) is 25.7 Å². The topological polar surface area (TPSA) is 92.8 Å². The number of nitrogens with one attached hydrogen (secondary N) is 1. The highest BCUT2D eigenvalue weighted by molar-refractivity contribution is 9.10. The molecule has 0 aliphatic carbocycles. The molecule has 160 valence electrons. The third kappa shape index (κ3) is 5.33. The summed E-state index contributed by atoms with van der Waals surface area (Å²) in [6, 6.07) is 8.35. The molecular formula is C20H13BrClFN2O5S. The monoisotopic (exact) mass is 526 g/mol. The van der Waals surface area contributed by atoms with E-state index >= 15 is 0 Å². The Hall–Kier alpha value is -2.69. The van der Waals surface area contributed by atoms with Crippen molar-refractivity contribution in [1.82, 2.24) is 4.90 Å². The van der Waals surface area contributed by atoms with E-state index in [1.807, 2.05) is 0 Å². The molecule has 0 unspecified atom stereocenters. The van der Waals surface area contributed by atoms with E-state index in [1.165, 1.54) is 49.6 Å². The van der Waals surface area contributed by atoms with Crippen molar-refractivity contribution in [2.45, 2.75) is 0 Å². The van der Waals surface area contributed by atoms with Gasteiger partial charge in [0.05, 0.1) is 27.1 Å². The van der Waals surface area contributed by atoms with E-state index in [4.69, 9.17) is 11.6 Å². The van der Waals surface area contributed by atoms with Crippen LogP contribution in [-0.2, 0) is 14.3 Å². The second kappa shape index (κ2) is 9.63. The lowest BCUT2D eigenvalue weighted by molar-refractivity contribution is -0.127. The second-order valence-corrected chi connectivity index (χ2v) is 8.43. The third-order valence-corrected chi connectivity index (χ3v) is 5.92. The molecule has 31 heavy (non-hydrogen) atoms. The summed E-state index contributed by atoms with van der Waals surface area (Å²) in [7, 11) is 1.20. The number of rotatable bonds is 5. The number of methoxy groups -OCH3 is 1. The third-order valence-electron chi connectivity index (χ3n) is 4.07. The molecular weight excluding hydrogens is 515 g/mol. The lowest BCUT2D eigenvalue weighted by atomic mass is 10.2. The minimum Gasteiger partial charge on any atom is -0.465 e. The first-order chi connectivity index (χ1) is 14.7. The van der Waals surface area contributed by atoms with Crippen LogP contribution in [0.25, 0.3) is 6.08 Å². The maximum absolute atomic E-state index is 13.4. The van der Waals surface area contributed by atoms with E-state index in [0.717, 1.165) is 4.90 Å². The van der Waals surface area contributed by atoms with Crippen LogP contribution in [-0.4, -0.2) is 41.6 Å². The number of hydrogen-bond donors (Lipinski definition) is 1. The van der Waals surface area contributed by atoms with Crippen LogP contribution >= 0.6 is 39.3 Å². The van der Waals surface area contributed by atoms with Gasteiger partial charge >= 0.3 is 5.97 Å². The highest BCUT2D eigenvalue weighted by Crippen LogP contribution is 2.32. The summed E-state index contributed by atoms with van der Waals surface area (Å²) in [6.07, 6.45) is 1.44. The fraction of sp³-hybridized carbons (Fsp3) is 0.100. The molecule has 0 spiro atoms. The number of imide groups is 1. The van der Waals surface area contributed by atoms with Crippen LogP contribution in [0.5, 0.6) is 0 Å². The molecule has 1 heterocycles. The minimum absolute atomic E-state index is 0.0570. The van der Waals surface area contributed by atoms with E-state index in [0.29, 0.717) is 17.3 Å². The van der Waals surface area contributed by atoms with Crippen molar-refractivity contribution in [3.8, 4) is 0 Å². The Balaban J connectivity index is 1.71. The average molecular weight is 528 g/mol. The van der Waals surface area contributed by atoms with Gasteiger partial charge in [-0.05, 0) is 69.7 Å². The Morgan fingerprint density at radius 2 is 2.00 bits per heavy atom. The zero-order valence-electron chi connectivity index (χ0n) is 15.8. The molecule has 11 heteroatoms. The molecule has 3 amide bonds. The Bertz CT molecular complexity index is 1140. The number of nitrogens with zero attached hydrogens (tertiary/aromatic N) is 1. The van der Waals surface area contributed by atoms with Crippen LogP contribution in [0, 0.1) is 5.82 Å². The molecule has 3 rings (SSSR count). The van der Waals surface area contributed by atoms with Crippen molar-refractivity contribution >= 4 is 74.1 Å². The van der Waals surface area contributed by atoms with E-state index in [2.05, 4.69) is 26.0 Å². The number of esters is 1. The number of hydrogen-bond acceptors (Lipinski definition) is 6. The number of thioether (sulfide) groups is 1. The Labute approximate surface area is 193 Å². The van der Waals surface area contributed by atoms with Gasteiger partial charge in [-0.25, -0.2) is 9.18 Å². The fourth-order valence-electron chi connectivity index (χ4n) is 2.60. The van der Waals surface area contributed by atoms with Gasteiger partial charge in [0.1, 0.15) is 12.4 Å². The van der Waals surface area contributed by atoms with Gasteiger partial charge in [0.2, 0.25) is 5.91 Å². The van der Waals surface area contributed by atoms with Crippen molar-refractivity contribution in [2.24, 2.45) is 0 Å². The molecule has 2 aromatic carbocycles. The molecule has 1 aliphatic rings. The lowest BCUT2D eigenvalue weighted by Gasteiger charge is -2.13. The molecule has 1 saturated heterocycles. The molecule has 0 atom stereocenters. The number of halogens is 3. The normalized spacial score (nSPS) is 14.8. The largest absolute Gasteiger partial charge is 0.465 e. The van der Waals surface area contributed by atoms with Gasteiger partial charge in [0.15, 0.2) is 0 Å². The number of ether oxygens (including phenoxy) is 1. The summed E-state index contributed by atoms with van der Waals surface area (Å²) in [5.41, 5.74) is 0.815. The average Bonchev–Trinajstić information content (AvgIpc) is 2.99. The summed E-state index contributed by atoms with van der Waals surface area (Å²) in [5, 5.41) is 2.04. The van der Waals surface area contributed by atoms with Gasteiger partial charge in [-0.2, -0.15) is 0 Å². The number of anilines is 1. The van der Waals surface area contributed by atoms with Crippen LogP contribution in [0.2, 0.25) is 5.02 Å². The van der Waals surface area contributed by atoms with Gasteiger partial charge in [-0.3, -0.25) is 19.3 Å². The number of amides is 3. The number of benzene rings is 2. The second-order valence-electron chi connectivity index (χ2n) is 6.18. The molecule has 0 radical (unpaired) electrons. The van der Waals surface area contributed by atoms with Gasteiger partial charge in [0, 0.05) is 5.69 Å². The Morgan fingerprint density at radius 1 is 1.26 bits per heavy atom. The summed E-state index contributed by atoms with van der Waals surface area (Å²) >= 11 is 9.67. The molecule has 0 saturated carbocycles.